The summed E-state index contributed by atoms with van der Waals surface area (Å²) in [7, 11) is 2.97. The Morgan fingerprint density at radius 3 is 2.41 bits per heavy atom. The third-order valence-electron chi connectivity index (χ3n) is 5.89. The maximum atomic E-state index is 13.2. The summed E-state index contributed by atoms with van der Waals surface area (Å²) in [6, 6.07) is 14.4. The maximum absolute atomic E-state index is 13.2. The van der Waals surface area contributed by atoms with Crippen LogP contribution in [0.5, 0.6) is 5.75 Å². The van der Waals surface area contributed by atoms with Crippen molar-refractivity contribution in [3.05, 3.63) is 59.8 Å². The molecular weight excluding hydrogens is 406 g/mol. The fourth-order valence-electron chi connectivity index (χ4n) is 3.88. The van der Waals surface area contributed by atoms with Crippen LogP contribution >= 0.6 is 0 Å². The highest BCUT2D eigenvalue weighted by Crippen LogP contribution is 2.30. The molecule has 0 aliphatic carbocycles. The summed E-state index contributed by atoms with van der Waals surface area (Å²) in [5, 5.41) is 4.21. The van der Waals surface area contributed by atoms with E-state index in [9.17, 15) is 9.59 Å². The molecule has 32 heavy (non-hydrogen) atoms. The third kappa shape index (κ3) is 4.51. The molecule has 0 saturated carbocycles. The number of carbonyl (C=O) groups is 2. The first-order chi connectivity index (χ1) is 15.5. The van der Waals surface area contributed by atoms with Gasteiger partial charge in [0.15, 0.2) is 0 Å². The molecule has 0 spiro atoms. The van der Waals surface area contributed by atoms with Crippen molar-refractivity contribution < 1.29 is 19.1 Å². The number of piperidine rings is 1. The Bertz CT molecular complexity index is 1140. The van der Waals surface area contributed by atoms with Crippen molar-refractivity contribution in [1.82, 2.24) is 9.88 Å². The second kappa shape index (κ2) is 9.26. The van der Waals surface area contributed by atoms with E-state index in [-0.39, 0.29) is 11.9 Å². The molecule has 1 saturated heterocycles. The van der Waals surface area contributed by atoms with Crippen LogP contribution in [0.3, 0.4) is 0 Å². The van der Waals surface area contributed by atoms with Crippen LogP contribution in [0.1, 0.15) is 40.6 Å². The van der Waals surface area contributed by atoms with Crippen molar-refractivity contribution in [2.24, 2.45) is 5.92 Å². The Labute approximate surface area is 187 Å². The third-order valence-corrected chi connectivity index (χ3v) is 5.89. The van der Waals surface area contributed by atoms with Crippen molar-refractivity contribution in [3.63, 3.8) is 0 Å². The number of fused-ring (bicyclic) bond motifs is 1. The Hall–Kier alpha value is -3.61. The molecule has 1 N–H and O–H groups in total. The predicted octanol–water partition coefficient (Wildman–Crippen LogP) is 4.65. The standard InChI is InChI=1S/C25H27N3O4/c1-16-10-12-28(13-11-16)24(29)23-15-22(20-14-19(31-2)8-9-21(20)27-23)26-18-6-4-17(5-7-18)25(30)32-3/h4-9,14-16H,10-13H2,1-3H3,(H,26,27). The minimum absolute atomic E-state index is 0.0568. The number of rotatable bonds is 5. The lowest BCUT2D eigenvalue weighted by molar-refractivity contribution is 0.0600. The number of amides is 1. The van der Waals surface area contributed by atoms with Crippen molar-refractivity contribution in [2.75, 3.05) is 32.6 Å². The zero-order chi connectivity index (χ0) is 22.7. The van der Waals surface area contributed by atoms with E-state index in [2.05, 4.69) is 17.2 Å². The smallest absolute Gasteiger partial charge is 0.337 e. The van der Waals surface area contributed by atoms with Gasteiger partial charge in [-0.25, -0.2) is 9.78 Å². The number of benzene rings is 2. The molecule has 1 aliphatic heterocycles. The molecule has 4 rings (SSSR count). The molecule has 7 nitrogen and oxygen atoms in total. The molecule has 2 aromatic carbocycles. The van der Waals surface area contributed by atoms with Gasteiger partial charge < -0.3 is 19.7 Å². The van der Waals surface area contributed by atoms with E-state index in [0.29, 0.717) is 28.4 Å². The van der Waals surface area contributed by atoms with Gasteiger partial charge in [-0.3, -0.25) is 4.79 Å². The van der Waals surface area contributed by atoms with Gasteiger partial charge in [-0.15, -0.1) is 0 Å². The predicted molar refractivity (Wildman–Crippen MR) is 124 cm³/mol. The van der Waals surface area contributed by atoms with E-state index >= 15 is 0 Å². The normalized spacial score (nSPS) is 14.3. The highest BCUT2D eigenvalue weighted by molar-refractivity contribution is 6.01. The molecular formula is C25H27N3O4. The zero-order valence-electron chi connectivity index (χ0n) is 18.6. The molecule has 0 atom stereocenters. The lowest BCUT2D eigenvalue weighted by Gasteiger charge is -2.30. The van der Waals surface area contributed by atoms with Crippen molar-refractivity contribution in [1.29, 1.82) is 0 Å². The number of methoxy groups -OCH3 is 2. The number of hydrogen-bond donors (Lipinski definition) is 1. The number of anilines is 2. The molecule has 3 aromatic rings. The van der Waals surface area contributed by atoms with Crippen molar-refractivity contribution in [2.45, 2.75) is 19.8 Å². The van der Waals surface area contributed by atoms with Crippen LogP contribution in [-0.4, -0.2) is 49.1 Å². The van der Waals surface area contributed by atoms with Gasteiger partial charge in [0, 0.05) is 24.2 Å². The first kappa shape index (κ1) is 21.6. The molecule has 1 aromatic heterocycles. The average molecular weight is 434 g/mol. The fourth-order valence-corrected chi connectivity index (χ4v) is 3.88. The van der Waals surface area contributed by atoms with Gasteiger partial charge >= 0.3 is 5.97 Å². The molecule has 7 heteroatoms. The van der Waals surface area contributed by atoms with E-state index in [1.54, 1.807) is 37.4 Å². The number of likely N-dealkylation sites (tertiary alicyclic amines) is 1. The highest BCUT2D eigenvalue weighted by Gasteiger charge is 2.23. The Morgan fingerprint density at radius 2 is 1.75 bits per heavy atom. The molecule has 0 unspecified atom stereocenters. The number of hydrogen-bond acceptors (Lipinski definition) is 6. The largest absolute Gasteiger partial charge is 0.497 e. The van der Waals surface area contributed by atoms with Crippen LogP contribution in [0.4, 0.5) is 11.4 Å². The zero-order valence-corrected chi connectivity index (χ0v) is 18.6. The van der Waals surface area contributed by atoms with E-state index in [1.807, 2.05) is 23.1 Å². The summed E-state index contributed by atoms with van der Waals surface area (Å²) < 4.78 is 10.1. The SMILES string of the molecule is COC(=O)c1ccc(Nc2cc(C(=O)N3CCC(C)CC3)nc3ccc(OC)cc23)cc1. The van der Waals surface area contributed by atoms with E-state index < -0.39 is 0 Å². The van der Waals surface area contributed by atoms with Gasteiger partial charge in [0.1, 0.15) is 11.4 Å². The van der Waals surface area contributed by atoms with Crippen LogP contribution in [0, 0.1) is 5.92 Å². The molecule has 1 fully saturated rings. The molecule has 2 heterocycles. The summed E-state index contributed by atoms with van der Waals surface area (Å²) in [6.07, 6.45) is 2.02. The Morgan fingerprint density at radius 1 is 1.03 bits per heavy atom. The van der Waals surface area contributed by atoms with Crippen LogP contribution < -0.4 is 10.1 Å². The minimum atomic E-state index is -0.389. The van der Waals surface area contributed by atoms with Gasteiger partial charge in [0.2, 0.25) is 0 Å². The monoisotopic (exact) mass is 433 g/mol. The maximum Gasteiger partial charge on any atom is 0.337 e. The summed E-state index contributed by atoms with van der Waals surface area (Å²) in [4.78, 5) is 31.4. The van der Waals surface area contributed by atoms with Crippen LogP contribution in [-0.2, 0) is 4.74 Å². The summed E-state index contributed by atoms with van der Waals surface area (Å²) >= 11 is 0. The second-order valence-electron chi connectivity index (χ2n) is 8.11. The number of aromatic nitrogens is 1. The van der Waals surface area contributed by atoms with Gasteiger partial charge in [0.25, 0.3) is 5.91 Å². The second-order valence-corrected chi connectivity index (χ2v) is 8.11. The number of esters is 1. The number of ether oxygens (including phenoxy) is 2. The summed E-state index contributed by atoms with van der Waals surface area (Å²) in [6.45, 7) is 3.72. The van der Waals surface area contributed by atoms with E-state index in [0.717, 1.165) is 42.7 Å². The van der Waals surface area contributed by atoms with E-state index in [4.69, 9.17) is 9.47 Å². The van der Waals surface area contributed by atoms with Crippen LogP contribution in [0.2, 0.25) is 0 Å². The quantitative estimate of drug-likeness (QED) is 0.590. The van der Waals surface area contributed by atoms with E-state index in [1.165, 1.54) is 7.11 Å². The van der Waals surface area contributed by atoms with Gasteiger partial charge in [-0.2, -0.15) is 0 Å². The Kier molecular flexibility index (Phi) is 6.25. The van der Waals surface area contributed by atoms with Crippen LogP contribution in [0.25, 0.3) is 10.9 Å². The molecule has 1 amide bonds. The number of pyridine rings is 1. The summed E-state index contributed by atoms with van der Waals surface area (Å²) in [5.74, 6) is 0.895. The number of nitrogens with zero attached hydrogens (tertiary/aromatic N) is 2. The number of nitrogens with one attached hydrogen (secondary N) is 1. The Balaban J connectivity index is 1.70. The first-order valence-electron chi connectivity index (χ1n) is 10.7. The topological polar surface area (TPSA) is 80.8 Å². The molecule has 0 radical (unpaired) electrons. The van der Waals surface area contributed by atoms with Crippen molar-refractivity contribution in [3.8, 4) is 5.75 Å². The highest BCUT2D eigenvalue weighted by atomic mass is 16.5. The summed E-state index contributed by atoms with van der Waals surface area (Å²) in [5.41, 5.74) is 3.10. The fraction of sp³-hybridized carbons (Fsp3) is 0.320. The molecule has 166 valence electrons. The van der Waals surface area contributed by atoms with Gasteiger partial charge in [0.05, 0.1) is 31.0 Å². The lowest BCUT2D eigenvalue weighted by Crippen LogP contribution is -2.38. The molecule has 0 bridgehead atoms. The van der Waals surface area contributed by atoms with Gasteiger partial charge in [-0.1, -0.05) is 6.92 Å². The van der Waals surface area contributed by atoms with Crippen LogP contribution in [0.15, 0.2) is 48.5 Å². The van der Waals surface area contributed by atoms with Gasteiger partial charge in [-0.05, 0) is 67.3 Å². The molecule has 1 aliphatic rings. The average Bonchev–Trinajstić information content (AvgIpc) is 2.83. The van der Waals surface area contributed by atoms with Crippen molar-refractivity contribution >= 4 is 34.2 Å². The first-order valence-corrected chi connectivity index (χ1v) is 10.7. The minimum Gasteiger partial charge on any atom is -0.497 e. The number of carbonyl (C=O) groups excluding carboxylic acids is 2. The lowest BCUT2D eigenvalue weighted by atomic mass is 9.99.